The van der Waals surface area contributed by atoms with Crippen LogP contribution in [0.15, 0.2) is 12.1 Å². The van der Waals surface area contributed by atoms with Crippen molar-refractivity contribution >= 4 is 5.91 Å². The Kier molecular flexibility index (Phi) is 3.26. The topological polar surface area (TPSA) is 51.3 Å². The van der Waals surface area contributed by atoms with E-state index in [2.05, 4.69) is 12.1 Å². The van der Waals surface area contributed by atoms with Crippen LogP contribution in [0.1, 0.15) is 30.0 Å². The molecule has 0 radical (unpaired) electrons. The van der Waals surface area contributed by atoms with Crippen molar-refractivity contribution in [2.75, 3.05) is 27.4 Å². The monoisotopic (exact) mass is 303 g/mol. The highest BCUT2D eigenvalue weighted by atomic mass is 16.6. The van der Waals surface area contributed by atoms with Gasteiger partial charge in [-0.15, -0.1) is 0 Å². The summed E-state index contributed by atoms with van der Waals surface area (Å²) in [7, 11) is 3.31. The first-order valence-corrected chi connectivity index (χ1v) is 7.89. The lowest BCUT2D eigenvalue weighted by Crippen LogP contribution is -2.43. The van der Waals surface area contributed by atoms with Crippen LogP contribution >= 0.6 is 0 Å². The summed E-state index contributed by atoms with van der Waals surface area (Å²) in [5.41, 5.74) is 2.50. The van der Waals surface area contributed by atoms with E-state index in [-0.39, 0.29) is 18.1 Å². The molecule has 2 aliphatic heterocycles. The van der Waals surface area contributed by atoms with Crippen LogP contribution in [-0.2, 0) is 16.0 Å². The van der Waals surface area contributed by atoms with E-state index in [0.717, 1.165) is 24.5 Å². The number of fused-ring (bicyclic) bond motifs is 1. The Balaban J connectivity index is 1.74. The predicted molar refractivity (Wildman–Crippen MR) is 80.2 cm³/mol. The molecule has 0 spiro atoms. The Morgan fingerprint density at radius 1 is 1.23 bits per heavy atom. The van der Waals surface area contributed by atoms with Gasteiger partial charge in [0.2, 0.25) is 0 Å². The Morgan fingerprint density at radius 3 is 2.50 bits per heavy atom. The highest BCUT2D eigenvalue weighted by Crippen LogP contribution is 2.49. The molecule has 0 aromatic heterocycles. The van der Waals surface area contributed by atoms with Crippen molar-refractivity contribution in [2.45, 2.75) is 31.4 Å². The van der Waals surface area contributed by atoms with Crippen molar-refractivity contribution < 1.29 is 19.0 Å². The first-order valence-electron chi connectivity index (χ1n) is 7.89. The number of amides is 1. The van der Waals surface area contributed by atoms with Crippen LogP contribution < -0.4 is 9.47 Å². The molecule has 3 aliphatic rings. The second-order valence-corrected chi connectivity index (χ2v) is 6.29. The molecule has 0 N–H and O–H groups in total. The number of benzene rings is 1. The Bertz CT molecular complexity index is 607. The van der Waals surface area contributed by atoms with Gasteiger partial charge in [-0.05, 0) is 48.4 Å². The van der Waals surface area contributed by atoms with Crippen LogP contribution in [0.5, 0.6) is 11.5 Å². The maximum atomic E-state index is 12.5. The number of methoxy groups -OCH3 is 2. The number of rotatable bonds is 4. The second kappa shape index (κ2) is 5.16. The molecule has 2 atom stereocenters. The normalized spacial score (nSPS) is 26.4. The van der Waals surface area contributed by atoms with Crippen molar-refractivity contribution in [3.63, 3.8) is 0 Å². The fourth-order valence-electron chi connectivity index (χ4n) is 3.52. The van der Waals surface area contributed by atoms with Gasteiger partial charge in [0.25, 0.3) is 5.91 Å². The molecule has 1 saturated carbocycles. The summed E-state index contributed by atoms with van der Waals surface area (Å²) < 4.78 is 16.1. The summed E-state index contributed by atoms with van der Waals surface area (Å²) in [6.07, 6.45) is 3.03. The summed E-state index contributed by atoms with van der Waals surface area (Å²) in [5, 5.41) is 0. The van der Waals surface area contributed by atoms with Gasteiger partial charge >= 0.3 is 0 Å². The number of epoxide rings is 1. The number of ether oxygens (including phenoxy) is 3. The molecular formula is C17H21NO4. The zero-order valence-electron chi connectivity index (χ0n) is 13.0. The van der Waals surface area contributed by atoms with E-state index in [1.54, 1.807) is 14.2 Å². The van der Waals surface area contributed by atoms with Crippen LogP contribution in [0.4, 0.5) is 0 Å². The van der Waals surface area contributed by atoms with E-state index >= 15 is 0 Å². The maximum absolute atomic E-state index is 12.5. The molecule has 118 valence electrons. The number of hydrogen-bond acceptors (Lipinski definition) is 4. The number of carbonyl (C=O) groups excluding carboxylic acids is 1. The number of hydrogen-bond donors (Lipinski definition) is 0. The molecule has 2 heterocycles. The van der Waals surface area contributed by atoms with Gasteiger partial charge < -0.3 is 19.1 Å². The first kappa shape index (κ1) is 13.9. The number of nitrogens with zero attached hydrogens (tertiary/aromatic N) is 1. The SMILES string of the molecule is COc1cc2c(cc1OC)C(C1CC1)N(C(=O)C1CO1)CC2. The molecule has 2 fully saturated rings. The summed E-state index contributed by atoms with van der Waals surface area (Å²) in [6.45, 7) is 1.34. The van der Waals surface area contributed by atoms with Crippen LogP contribution in [-0.4, -0.2) is 44.3 Å². The lowest BCUT2D eigenvalue weighted by molar-refractivity contribution is -0.136. The van der Waals surface area contributed by atoms with Gasteiger partial charge in [0.05, 0.1) is 26.9 Å². The van der Waals surface area contributed by atoms with Gasteiger partial charge in [0.15, 0.2) is 17.6 Å². The van der Waals surface area contributed by atoms with Crippen molar-refractivity contribution in [1.82, 2.24) is 4.90 Å². The maximum Gasteiger partial charge on any atom is 0.254 e. The van der Waals surface area contributed by atoms with Crippen molar-refractivity contribution in [2.24, 2.45) is 5.92 Å². The van der Waals surface area contributed by atoms with Crippen molar-refractivity contribution in [3.05, 3.63) is 23.3 Å². The largest absolute Gasteiger partial charge is 0.493 e. The summed E-state index contributed by atoms with van der Waals surface area (Å²) >= 11 is 0. The molecule has 4 rings (SSSR count). The minimum absolute atomic E-state index is 0.150. The molecule has 1 saturated heterocycles. The summed E-state index contributed by atoms with van der Waals surface area (Å²) in [5.74, 6) is 2.22. The van der Waals surface area contributed by atoms with Crippen LogP contribution in [0.25, 0.3) is 0 Å². The highest BCUT2D eigenvalue weighted by Gasteiger charge is 2.45. The third-order valence-corrected chi connectivity index (χ3v) is 4.88. The molecule has 1 aromatic rings. The van der Waals surface area contributed by atoms with Crippen LogP contribution in [0.3, 0.4) is 0 Å². The van der Waals surface area contributed by atoms with Gasteiger partial charge in [0, 0.05) is 6.54 Å². The van der Waals surface area contributed by atoms with E-state index in [1.165, 1.54) is 24.0 Å². The smallest absolute Gasteiger partial charge is 0.254 e. The lowest BCUT2D eigenvalue weighted by atomic mass is 9.89. The van der Waals surface area contributed by atoms with E-state index in [1.807, 2.05) is 4.90 Å². The lowest BCUT2D eigenvalue weighted by Gasteiger charge is -2.38. The van der Waals surface area contributed by atoms with E-state index < -0.39 is 0 Å². The minimum Gasteiger partial charge on any atom is -0.493 e. The Labute approximate surface area is 130 Å². The third kappa shape index (κ3) is 2.24. The first-order chi connectivity index (χ1) is 10.7. The van der Waals surface area contributed by atoms with Gasteiger partial charge in [-0.3, -0.25) is 4.79 Å². The molecule has 0 bridgehead atoms. The van der Waals surface area contributed by atoms with Gasteiger partial charge in [-0.1, -0.05) is 0 Å². The highest BCUT2D eigenvalue weighted by molar-refractivity contribution is 5.84. The van der Waals surface area contributed by atoms with Crippen molar-refractivity contribution in [1.29, 1.82) is 0 Å². The van der Waals surface area contributed by atoms with Gasteiger partial charge in [-0.25, -0.2) is 0 Å². The fraction of sp³-hybridized carbons (Fsp3) is 0.588. The fourth-order valence-corrected chi connectivity index (χ4v) is 3.52. The van der Waals surface area contributed by atoms with E-state index in [0.29, 0.717) is 12.5 Å². The molecule has 22 heavy (non-hydrogen) atoms. The average Bonchev–Trinajstić information content (AvgIpc) is 3.43. The summed E-state index contributed by atoms with van der Waals surface area (Å²) in [6, 6.07) is 4.30. The van der Waals surface area contributed by atoms with Gasteiger partial charge in [-0.2, -0.15) is 0 Å². The van der Waals surface area contributed by atoms with Crippen molar-refractivity contribution in [3.8, 4) is 11.5 Å². The summed E-state index contributed by atoms with van der Waals surface area (Å²) in [4.78, 5) is 14.6. The second-order valence-electron chi connectivity index (χ2n) is 6.29. The average molecular weight is 303 g/mol. The molecule has 5 nitrogen and oxygen atoms in total. The zero-order valence-corrected chi connectivity index (χ0v) is 13.0. The minimum atomic E-state index is -0.206. The standard InChI is InChI=1S/C17H21NO4/c1-20-13-7-11-5-6-18(17(19)15-9-22-15)16(10-3-4-10)12(11)8-14(13)21-2/h7-8,10,15-16H,3-6,9H2,1-2H3. The Hall–Kier alpha value is -1.75. The molecule has 5 heteroatoms. The van der Waals surface area contributed by atoms with Crippen LogP contribution in [0, 0.1) is 5.92 Å². The van der Waals surface area contributed by atoms with Crippen LogP contribution in [0.2, 0.25) is 0 Å². The molecule has 1 aromatic carbocycles. The molecular weight excluding hydrogens is 282 g/mol. The third-order valence-electron chi connectivity index (χ3n) is 4.88. The molecule has 1 amide bonds. The quantitative estimate of drug-likeness (QED) is 0.798. The predicted octanol–water partition coefficient (Wildman–Crippen LogP) is 1.94. The number of carbonyl (C=O) groups is 1. The molecule has 2 unspecified atom stereocenters. The van der Waals surface area contributed by atoms with Gasteiger partial charge in [0.1, 0.15) is 0 Å². The zero-order chi connectivity index (χ0) is 15.3. The Morgan fingerprint density at radius 2 is 1.91 bits per heavy atom. The van der Waals surface area contributed by atoms with E-state index in [9.17, 15) is 4.79 Å². The van der Waals surface area contributed by atoms with E-state index in [4.69, 9.17) is 14.2 Å². The molecule has 1 aliphatic carbocycles.